The highest BCUT2D eigenvalue weighted by molar-refractivity contribution is 7.98. The van der Waals surface area contributed by atoms with Gasteiger partial charge >= 0.3 is 5.97 Å². The van der Waals surface area contributed by atoms with Crippen molar-refractivity contribution in [3.63, 3.8) is 0 Å². The molecule has 7 heteroatoms. The van der Waals surface area contributed by atoms with E-state index in [9.17, 15) is 9.18 Å². The number of nitrogens with zero attached hydrogens (tertiary/aromatic N) is 1. The molecule has 0 saturated carbocycles. The van der Waals surface area contributed by atoms with Crippen LogP contribution >= 0.6 is 23.1 Å². The molecule has 0 atom stereocenters. The first-order chi connectivity index (χ1) is 11.6. The van der Waals surface area contributed by atoms with Gasteiger partial charge in [-0.25, -0.2) is 9.18 Å². The van der Waals surface area contributed by atoms with E-state index >= 15 is 0 Å². The van der Waals surface area contributed by atoms with Crippen LogP contribution in [0.25, 0.3) is 10.1 Å². The van der Waals surface area contributed by atoms with Crippen molar-refractivity contribution in [1.82, 2.24) is 4.98 Å². The summed E-state index contributed by atoms with van der Waals surface area (Å²) in [5.41, 5.74) is 0.833. The quantitative estimate of drug-likeness (QED) is 0.507. The number of aromatic nitrogens is 1. The van der Waals surface area contributed by atoms with Crippen LogP contribution in [0.15, 0.2) is 41.6 Å². The number of carbonyl (C=O) groups excluding carboxylic acids is 1. The molecule has 124 valence electrons. The monoisotopic (exact) mass is 362 g/mol. The number of ether oxygens (including phenoxy) is 1. The molecule has 0 aliphatic carbocycles. The second kappa shape index (κ2) is 7.19. The third kappa shape index (κ3) is 3.22. The summed E-state index contributed by atoms with van der Waals surface area (Å²) in [6, 6.07) is 6.77. The minimum absolute atomic E-state index is 0.279. The third-order valence-corrected chi connectivity index (χ3v) is 5.26. The van der Waals surface area contributed by atoms with Gasteiger partial charge in [-0.05, 0) is 37.4 Å². The van der Waals surface area contributed by atoms with Crippen LogP contribution in [0, 0.1) is 5.82 Å². The van der Waals surface area contributed by atoms with E-state index in [1.54, 1.807) is 25.4 Å². The predicted octanol–water partition coefficient (Wildman–Crippen LogP) is 5.08. The summed E-state index contributed by atoms with van der Waals surface area (Å²) in [7, 11) is 0. The lowest BCUT2D eigenvalue weighted by atomic mass is 10.2. The average molecular weight is 362 g/mol. The van der Waals surface area contributed by atoms with Gasteiger partial charge < -0.3 is 10.1 Å². The smallest absolute Gasteiger partial charge is 0.350 e. The van der Waals surface area contributed by atoms with E-state index in [1.807, 2.05) is 18.4 Å². The van der Waals surface area contributed by atoms with Crippen LogP contribution in [0.5, 0.6) is 0 Å². The lowest BCUT2D eigenvalue weighted by Crippen LogP contribution is -2.05. The second-order valence-corrected chi connectivity index (χ2v) is 6.80. The number of anilines is 2. The standard InChI is InChI=1S/C17H15FN2O2S2/c1-3-22-17(21)16-15(11-9-19-7-6-14(11)24-16)20-13-5-4-10(23-2)8-12(13)18/h4-9,20H,3H2,1-2H3. The van der Waals surface area contributed by atoms with Crippen molar-refractivity contribution in [1.29, 1.82) is 0 Å². The molecule has 1 aromatic carbocycles. The number of pyridine rings is 1. The van der Waals surface area contributed by atoms with E-state index < -0.39 is 5.97 Å². The summed E-state index contributed by atoms with van der Waals surface area (Å²) in [6.07, 6.45) is 5.20. The molecule has 0 amide bonds. The lowest BCUT2D eigenvalue weighted by molar-refractivity contribution is 0.0533. The molecule has 0 aliphatic rings. The first kappa shape index (κ1) is 16.7. The summed E-state index contributed by atoms with van der Waals surface area (Å²) in [5.74, 6) is -0.803. The Hall–Kier alpha value is -2.12. The minimum atomic E-state index is -0.428. The maximum Gasteiger partial charge on any atom is 0.350 e. The van der Waals surface area contributed by atoms with Crippen LogP contribution in [0.4, 0.5) is 15.8 Å². The van der Waals surface area contributed by atoms with Crippen molar-refractivity contribution < 1.29 is 13.9 Å². The van der Waals surface area contributed by atoms with Crippen molar-refractivity contribution in [2.45, 2.75) is 11.8 Å². The molecule has 0 fully saturated rings. The topological polar surface area (TPSA) is 51.2 Å². The molecule has 0 bridgehead atoms. The van der Waals surface area contributed by atoms with E-state index in [4.69, 9.17) is 4.74 Å². The molecule has 0 unspecified atom stereocenters. The van der Waals surface area contributed by atoms with Crippen molar-refractivity contribution in [2.75, 3.05) is 18.2 Å². The third-order valence-electron chi connectivity index (χ3n) is 3.39. The molecule has 2 heterocycles. The summed E-state index contributed by atoms with van der Waals surface area (Å²) >= 11 is 2.77. The van der Waals surface area contributed by atoms with Gasteiger partial charge in [0.1, 0.15) is 10.7 Å². The van der Waals surface area contributed by atoms with Crippen LogP contribution in [-0.4, -0.2) is 23.8 Å². The number of carbonyl (C=O) groups is 1. The van der Waals surface area contributed by atoms with Gasteiger partial charge in [-0.2, -0.15) is 0 Å². The van der Waals surface area contributed by atoms with Crippen molar-refractivity contribution in [3.8, 4) is 0 Å². The van der Waals surface area contributed by atoms with Crippen LogP contribution in [-0.2, 0) is 4.74 Å². The van der Waals surface area contributed by atoms with E-state index in [1.165, 1.54) is 29.2 Å². The minimum Gasteiger partial charge on any atom is -0.462 e. The fourth-order valence-electron chi connectivity index (χ4n) is 2.27. The molecule has 0 spiro atoms. The van der Waals surface area contributed by atoms with Crippen molar-refractivity contribution in [2.24, 2.45) is 0 Å². The normalized spacial score (nSPS) is 10.8. The van der Waals surface area contributed by atoms with Gasteiger partial charge in [0.05, 0.1) is 18.0 Å². The number of nitrogens with one attached hydrogen (secondary N) is 1. The van der Waals surface area contributed by atoms with Crippen molar-refractivity contribution in [3.05, 3.63) is 47.4 Å². The maximum absolute atomic E-state index is 14.3. The highest BCUT2D eigenvalue weighted by atomic mass is 32.2. The summed E-state index contributed by atoms with van der Waals surface area (Å²) < 4.78 is 20.3. The zero-order valence-electron chi connectivity index (χ0n) is 13.1. The van der Waals surface area contributed by atoms with Crippen molar-refractivity contribution >= 4 is 50.5 Å². The summed E-state index contributed by atoms with van der Waals surface area (Å²) in [4.78, 5) is 17.6. The Morgan fingerprint density at radius 3 is 2.96 bits per heavy atom. The van der Waals surface area contributed by atoms with Gasteiger partial charge in [-0.15, -0.1) is 23.1 Å². The molecule has 1 N–H and O–H groups in total. The maximum atomic E-state index is 14.3. The van der Waals surface area contributed by atoms with E-state index in [-0.39, 0.29) is 12.4 Å². The van der Waals surface area contributed by atoms with Gasteiger partial charge in [0.25, 0.3) is 0 Å². The molecule has 3 rings (SSSR count). The zero-order chi connectivity index (χ0) is 17.1. The Balaban J connectivity index is 2.07. The molecule has 24 heavy (non-hydrogen) atoms. The SMILES string of the molecule is CCOC(=O)c1sc2ccncc2c1Nc1ccc(SC)cc1F. The van der Waals surface area contributed by atoms with Crippen LogP contribution < -0.4 is 5.32 Å². The Bertz CT molecular complexity index is 895. The number of thioether (sulfide) groups is 1. The number of rotatable bonds is 5. The fourth-order valence-corrected chi connectivity index (χ4v) is 3.71. The van der Waals surface area contributed by atoms with Gasteiger partial charge in [-0.1, -0.05) is 0 Å². The Morgan fingerprint density at radius 2 is 2.25 bits per heavy atom. The average Bonchev–Trinajstić information content (AvgIpc) is 2.95. The number of benzene rings is 1. The molecule has 0 saturated heterocycles. The summed E-state index contributed by atoms with van der Waals surface area (Å²) in [5, 5.41) is 3.80. The number of thiophene rings is 1. The Labute approximate surface area is 147 Å². The second-order valence-electron chi connectivity index (χ2n) is 4.87. The first-order valence-electron chi connectivity index (χ1n) is 7.28. The molecule has 0 aliphatic heterocycles. The Morgan fingerprint density at radius 1 is 1.42 bits per heavy atom. The largest absolute Gasteiger partial charge is 0.462 e. The highest BCUT2D eigenvalue weighted by Crippen LogP contribution is 2.38. The van der Waals surface area contributed by atoms with Gasteiger partial charge in [-0.3, -0.25) is 4.98 Å². The van der Waals surface area contributed by atoms with Gasteiger partial charge in [0.15, 0.2) is 0 Å². The zero-order valence-corrected chi connectivity index (χ0v) is 14.8. The number of hydrogen-bond acceptors (Lipinski definition) is 6. The van der Waals surface area contributed by atoms with Gasteiger partial charge in [0, 0.05) is 27.4 Å². The number of esters is 1. The van der Waals surface area contributed by atoms with Crippen LogP contribution in [0.1, 0.15) is 16.6 Å². The highest BCUT2D eigenvalue weighted by Gasteiger charge is 2.20. The number of halogens is 1. The fraction of sp³-hybridized carbons (Fsp3) is 0.176. The Kier molecular flexibility index (Phi) is 5.01. The molecular weight excluding hydrogens is 347 g/mol. The first-order valence-corrected chi connectivity index (χ1v) is 9.32. The van der Waals surface area contributed by atoms with E-state index in [0.29, 0.717) is 16.3 Å². The van der Waals surface area contributed by atoms with Crippen LogP contribution in [0.2, 0.25) is 0 Å². The molecule has 4 nitrogen and oxygen atoms in total. The van der Waals surface area contributed by atoms with E-state index in [0.717, 1.165) is 15.0 Å². The molecule has 0 radical (unpaired) electrons. The van der Waals surface area contributed by atoms with Crippen LogP contribution in [0.3, 0.4) is 0 Å². The number of fused-ring (bicyclic) bond motifs is 1. The molecule has 2 aromatic heterocycles. The summed E-state index contributed by atoms with van der Waals surface area (Å²) in [6.45, 7) is 2.03. The van der Waals surface area contributed by atoms with E-state index in [2.05, 4.69) is 10.3 Å². The predicted molar refractivity (Wildman–Crippen MR) is 97.0 cm³/mol. The lowest BCUT2D eigenvalue weighted by Gasteiger charge is -2.10. The molecular formula is C17H15FN2O2S2. The molecule has 3 aromatic rings. The van der Waals surface area contributed by atoms with Gasteiger partial charge in [0.2, 0.25) is 0 Å². The number of hydrogen-bond donors (Lipinski definition) is 1.